The van der Waals surface area contributed by atoms with Gasteiger partial charge in [0.25, 0.3) is 0 Å². The largest absolute Gasteiger partial charge is 0.496 e. The topological polar surface area (TPSA) is 9.23 Å². The first-order valence-corrected chi connectivity index (χ1v) is 10.7. The number of rotatable bonds is 5. The monoisotopic (exact) mass is 364 g/mol. The van der Waals surface area contributed by atoms with E-state index < -0.39 is 0 Å². The summed E-state index contributed by atoms with van der Waals surface area (Å²) < 4.78 is 6.87. The van der Waals surface area contributed by atoms with E-state index in [9.17, 15) is 0 Å². The van der Waals surface area contributed by atoms with E-state index in [1.165, 1.54) is 60.7 Å². The smallest absolute Gasteiger partial charge is 0.122 e. The van der Waals surface area contributed by atoms with Gasteiger partial charge in [-0.05, 0) is 47.6 Å². The summed E-state index contributed by atoms with van der Waals surface area (Å²) in [6.45, 7) is 3.64. The molecule has 0 radical (unpaired) electrons. The number of ether oxygens (including phenoxy) is 1. The standard InChI is InChI=1S/C25H34NO/c1-4-16-26(2,22-13-12-19-8-5-6-9-20(19)17-22)23-14-15-24-21(18-23)10-7-11-25(24)27-3/h5-11,22-23H,4,12-18H2,1-3H3/q+1. The molecule has 2 aliphatic rings. The van der Waals surface area contributed by atoms with Gasteiger partial charge in [0.1, 0.15) is 5.75 Å². The molecule has 2 heteroatoms. The molecule has 2 aromatic carbocycles. The van der Waals surface area contributed by atoms with Crippen molar-refractivity contribution in [1.82, 2.24) is 0 Å². The van der Waals surface area contributed by atoms with Crippen molar-refractivity contribution in [3.8, 4) is 5.75 Å². The fraction of sp³-hybridized carbons (Fsp3) is 0.520. The molecule has 0 saturated heterocycles. The number of nitrogens with zero attached hydrogens (tertiary/aromatic N) is 1. The Morgan fingerprint density at radius 1 is 0.889 bits per heavy atom. The maximum atomic E-state index is 5.63. The van der Waals surface area contributed by atoms with Gasteiger partial charge in [0.2, 0.25) is 0 Å². The second-order valence-corrected chi connectivity index (χ2v) is 8.73. The summed E-state index contributed by atoms with van der Waals surface area (Å²) in [6, 6.07) is 17.2. The highest BCUT2D eigenvalue weighted by Crippen LogP contribution is 2.37. The van der Waals surface area contributed by atoms with Crippen molar-refractivity contribution < 1.29 is 9.22 Å². The van der Waals surface area contributed by atoms with Gasteiger partial charge in [0, 0.05) is 25.7 Å². The van der Waals surface area contributed by atoms with E-state index >= 15 is 0 Å². The lowest BCUT2D eigenvalue weighted by molar-refractivity contribution is -0.957. The Balaban J connectivity index is 1.61. The van der Waals surface area contributed by atoms with Crippen molar-refractivity contribution in [3.63, 3.8) is 0 Å². The molecule has 3 atom stereocenters. The zero-order chi connectivity index (χ0) is 18.9. The van der Waals surface area contributed by atoms with E-state index in [-0.39, 0.29) is 0 Å². The Morgan fingerprint density at radius 3 is 2.30 bits per heavy atom. The molecule has 0 N–H and O–H groups in total. The minimum absolute atomic E-state index is 0.722. The molecule has 2 nitrogen and oxygen atoms in total. The lowest BCUT2D eigenvalue weighted by Gasteiger charge is -2.50. The Morgan fingerprint density at radius 2 is 1.56 bits per heavy atom. The lowest BCUT2D eigenvalue weighted by Crippen LogP contribution is -2.62. The number of aryl methyl sites for hydroxylation is 1. The van der Waals surface area contributed by atoms with Gasteiger partial charge in [-0.25, -0.2) is 0 Å². The molecule has 0 aromatic heterocycles. The Labute approximate surface area is 164 Å². The molecule has 2 aromatic rings. The molecular formula is C25H34NO+. The third kappa shape index (κ3) is 3.40. The average molecular weight is 365 g/mol. The van der Waals surface area contributed by atoms with Crippen LogP contribution in [0.15, 0.2) is 42.5 Å². The quantitative estimate of drug-likeness (QED) is 0.681. The molecule has 0 spiro atoms. The molecular weight excluding hydrogens is 330 g/mol. The molecule has 0 bridgehead atoms. The van der Waals surface area contributed by atoms with E-state index in [1.54, 1.807) is 18.2 Å². The zero-order valence-corrected chi connectivity index (χ0v) is 17.2. The fourth-order valence-electron chi connectivity index (χ4n) is 5.77. The first kappa shape index (κ1) is 18.6. The van der Waals surface area contributed by atoms with E-state index in [0.717, 1.165) is 24.3 Å². The van der Waals surface area contributed by atoms with E-state index in [4.69, 9.17) is 4.74 Å². The van der Waals surface area contributed by atoms with Gasteiger partial charge in [-0.15, -0.1) is 0 Å². The van der Waals surface area contributed by atoms with Crippen LogP contribution in [0.2, 0.25) is 0 Å². The molecule has 0 amide bonds. The first-order chi connectivity index (χ1) is 13.2. The average Bonchev–Trinajstić information content (AvgIpc) is 2.72. The SMILES string of the molecule is CCC[N+](C)(C1CCc2ccccc2C1)C1CCc2c(cccc2OC)C1. The number of hydrogen-bond acceptors (Lipinski definition) is 1. The molecule has 4 rings (SSSR count). The molecule has 27 heavy (non-hydrogen) atoms. The molecule has 3 unspecified atom stereocenters. The minimum atomic E-state index is 0.722. The molecule has 0 saturated carbocycles. The summed E-state index contributed by atoms with van der Waals surface area (Å²) in [6.07, 6.45) is 8.71. The number of benzene rings is 2. The second-order valence-electron chi connectivity index (χ2n) is 8.73. The van der Waals surface area contributed by atoms with Gasteiger partial charge in [0.15, 0.2) is 0 Å². The van der Waals surface area contributed by atoms with Gasteiger partial charge in [-0.2, -0.15) is 0 Å². The predicted octanol–water partition coefficient (Wildman–Crippen LogP) is 4.97. The maximum Gasteiger partial charge on any atom is 0.122 e. The van der Waals surface area contributed by atoms with E-state index in [1.807, 2.05) is 0 Å². The molecule has 144 valence electrons. The number of fused-ring (bicyclic) bond motifs is 2. The van der Waals surface area contributed by atoms with Crippen molar-refractivity contribution in [2.75, 3.05) is 20.7 Å². The third-order valence-electron chi connectivity index (χ3n) is 7.33. The normalized spacial score (nSPS) is 23.8. The number of likely N-dealkylation sites (N-methyl/N-ethyl adjacent to an activating group) is 1. The number of methoxy groups -OCH3 is 1. The van der Waals surface area contributed by atoms with Crippen LogP contribution >= 0.6 is 0 Å². The highest BCUT2D eigenvalue weighted by Gasteiger charge is 2.42. The first-order valence-electron chi connectivity index (χ1n) is 10.7. The van der Waals surface area contributed by atoms with Crippen molar-refractivity contribution >= 4 is 0 Å². The Bertz CT molecular complexity index is 799. The van der Waals surface area contributed by atoms with Gasteiger partial charge in [-0.1, -0.05) is 43.3 Å². The van der Waals surface area contributed by atoms with Crippen LogP contribution in [-0.2, 0) is 25.7 Å². The van der Waals surface area contributed by atoms with Crippen LogP contribution in [0, 0.1) is 0 Å². The van der Waals surface area contributed by atoms with Gasteiger partial charge < -0.3 is 9.22 Å². The van der Waals surface area contributed by atoms with Crippen LogP contribution < -0.4 is 4.74 Å². The Hall–Kier alpha value is -1.80. The summed E-state index contributed by atoms with van der Waals surface area (Å²) in [5, 5.41) is 0. The maximum absolute atomic E-state index is 5.63. The van der Waals surface area contributed by atoms with E-state index in [2.05, 4.69) is 56.4 Å². The fourth-order valence-corrected chi connectivity index (χ4v) is 5.77. The van der Waals surface area contributed by atoms with Crippen LogP contribution in [-0.4, -0.2) is 37.3 Å². The van der Waals surface area contributed by atoms with Gasteiger partial charge in [0.05, 0.1) is 32.8 Å². The van der Waals surface area contributed by atoms with Crippen LogP contribution in [0.5, 0.6) is 5.75 Å². The summed E-state index contributed by atoms with van der Waals surface area (Å²) in [5.74, 6) is 1.09. The van der Waals surface area contributed by atoms with Crippen LogP contribution in [0.25, 0.3) is 0 Å². The van der Waals surface area contributed by atoms with Crippen molar-refractivity contribution in [2.24, 2.45) is 0 Å². The third-order valence-corrected chi connectivity index (χ3v) is 7.33. The predicted molar refractivity (Wildman–Crippen MR) is 112 cm³/mol. The van der Waals surface area contributed by atoms with Crippen LogP contribution in [0.3, 0.4) is 0 Å². The number of hydrogen-bond donors (Lipinski definition) is 0. The van der Waals surface area contributed by atoms with Crippen molar-refractivity contribution in [2.45, 2.75) is 64.0 Å². The highest BCUT2D eigenvalue weighted by molar-refractivity contribution is 5.42. The summed E-state index contributed by atoms with van der Waals surface area (Å²) in [5.41, 5.74) is 6.14. The molecule has 0 heterocycles. The second kappa shape index (κ2) is 7.67. The van der Waals surface area contributed by atoms with Crippen molar-refractivity contribution in [3.05, 3.63) is 64.7 Å². The summed E-state index contributed by atoms with van der Waals surface area (Å²) in [7, 11) is 4.36. The van der Waals surface area contributed by atoms with Crippen LogP contribution in [0.1, 0.15) is 48.4 Å². The zero-order valence-electron chi connectivity index (χ0n) is 17.2. The highest BCUT2D eigenvalue weighted by atomic mass is 16.5. The summed E-state index contributed by atoms with van der Waals surface area (Å²) >= 11 is 0. The lowest BCUT2D eigenvalue weighted by atomic mass is 9.81. The van der Waals surface area contributed by atoms with Crippen molar-refractivity contribution in [1.29, 1.82) is 0 Å². The number of quaternary nitrogens is 1. The molecule has 0 aliphatic heterocycles. The van der Waals surface area contributed by atoms with Gasteiger partial charge in [-0.3, -0.25) is 0 Å². The van der Waals surface area contributed by atoms with Crippen LogP contribution in [0.4, 0.5) is 0 Å². The molecule has 2 aliphatic carbocycles. The van der Waals surface area contributed by atoms with Gasteiger partial charge >= 0.3 is 0 Å². The van der Waals surface area contributed by atoms with E-state index in [0.29, 0.717) is 0 Å². The molecule has 0 fully saturated rings. The summed E-state index contributed by atoms with van der Waals surface area (Å²) in [4.78, 5) is 0. The Kier molecular flexibility index (Phi) is 5.27. The minimum Gasteiger partial charge on any atom is -0.496 e.